The van der Waals surface area contributed by atoms with Crippen molar-refractivity contribution in [1.82, 2.24) is 19.9 Å². The summed E-state index contributed by atoms with van der Waals surface area (Å²) in [6, 6.07) is 4.14. The van der Waals surface area contributed by atoms with E-state index < -0.39 is 30.0 Å². The van der Waals surface area contributed by atoms with Crippen LogP contribution in [0.1, 0.15) is 24.4 Å². The van der Waals surface area contributed by atoms with Gasteiger partial charge in [0.1, 0.15) is 29.3 Å². The Kier molecular flexibility index (Phi) is 4.94. The Balaban J connectivity index is 1.44. The molecule has 0 amide bonds. The van der Waals surface area contributed by atoms with E-state index in [1.165, 1.54) is 4.52 Å². The van der Waals surface area contributed by atoms with E-state index in [2.05, 4.69) is 20.7 Å². The number of nitrogens with zero attached hydrogens (tertiary/aromatic N) is 4. The van der Waals surface area contributed by atoms with Gasteiger partial charge >= 0.3 is 0 Å². The minimum atomic E-state index is -0.893. The zero-order chi connectivity index (χ0) is 21.7. The molecule has 1 aliphatic carbocycles. The molecule has 31 heavy (non-hydrogen) atoms. The Bertz CT molecular complexity index is 1160. The Morgan fingerprint density at radius 2 is 2.03 bits per heavy atom. The number of nitrogens with one attached hydrogen (secondary N) is 2. The summed E-state index contributed by atoms with van der Waals surface area (Å²) < 4.78 is 42.8. The molecule has 5 rings (SSSR count). The number of hydrogen-bond donors (Lipinski definition) is 3. The molecule has 3 heterocycles. The lowest BCUT2D eigenvalue weighted by Crippen LogP contribution is -2.31. The van der Waals surface area contributed by atoms with Crippen molar-refractivity contribution in [3.8, 4) is 0 Å². The van der Waals surface area contributed by atoms with Crippen LogP contribution in [0.5, 0.6) is 0 Å². The van der Waals surface area contributed by atoms with Crippen LogP contribution < -0.4 is 15.5 Å². The third kappa shape index (κ3) is 3.90. The predicted octanol–water partition coefficient (Wildman–Crippen LogP) is 2.72. The molecule has 1 aromatic carbocycles. The lowest BCUT2D eigenvalue weighted by atomic mass is 10.0. The molecule has 4 atom stereocenters. The first-order chi connectivity index (χ1) is 14.9. The molecular weight excluding hydrogens is 429 g/mol. The van der Waals surface area contributed by atoms with Crippen molar-refractivity contribution >= 4 is 34.5 Å². The summed E-state index contributed by atoms with van der Waals surface area (Å²) >= 11 is 5.22. The van der Waals surface area contributed by atoms with Gasteiger partial charge in [0.2, 0.25) is 0 Å². The van der Waals surface area contributed by atoms with E-state index in [0.29, 0.717) is 23.6 Å². The van der Waals surface area contributed by atoms with Gasteiger partial charge in [0.05, 0.1) is 24.4 Å². The van der Waals surface area contributed by atoms with E-state index in [-0.39, 0.29) is 29.7 Å². The first-order valence-electron chi connectivity index (χ1n) is 9.84. The lowest BCUT2D eigenvalue weighted by molar-refractivity contribution is 0.194. The second-order valence-corrected chi connectivity index (χ2v) is 8.20. The number of anilines is 2. The van der Waals surface area contributed by atoms with Crippen molar-refractivity contribution < 1.29 is 18.3 Å². The minimum absolute atomic E-state index is 0.167. The first kappa shape index (κ1) is 20.0. The average Bonchev–Trinajstić information content (AvgIpc) is 3.11. The average molecular weight is 448 g/mol. The van der Waals surface area contributed by atoms with Gasteiger partial charge in [-0.25, -0.2) is 22.7 Å². The van der Waals surface area contributed by atoms with Crippen molar-refractivity contribution in [2.75, 3.05) is 16.8 Å². The molecule has 2 aliphatic rings. The molecule has 0 radical (unpaired) electrons. The van der Waals surface area contributed by atoms with Crippen LogP contribution in [0.15, 0.2) is 36.7 Å². The number of alkyl halides is 1. The number of rotatable bonds is 4. The predicted molar refractivity (Wildman–Crippen MR) is 113 cm³/mol. The summed E-state index contributed by atoms with van der Waals surface area (Å²) in [4.78, 5) is 6.36. The maximum Gasteiger partial charge on any atom is 0.180 e. The topological polar surface area (TPSA) is 77.7 Å². The second-order valence-electron chi connectivity index (χ2n) is 7.79. The largest absolute Gasteiger partial charge is 0.391 e. The normalized spacial score (nSPS) is 25.1. The first-order valence-corrected chi connectivity index (χ1v) is 10.3. The van der Waals surface area contributed by atoms with Gasteiger partial charge in [0, 0.05) is 24.7 Å². The van der Waals surface area contributed by atoms with E-state index >= 15 is 0 Å². The molecule has 7 nitrogen and oxygen atoms in total. The minimum Gasteiger partial charge on any atom is -0.391 e. The van der Waals surface area contributed by atoms with Gasteiger partial charge in [-0.05, 0) is 42.9 Å². The molecule has 162 valence electrons. The van der Waals surface area contributed by atoms with Gasteiger partial charge in [-0.15, -0.1) is 0 Å². The molecule has 2 aromatic heterocycles. The third-order valence-electron chi connectivity index (χ3n) is 5.52. The molecule has 0 bridgehead atoms. The number of aliphatic hydroxyl groups excluding tert-OH is 1. The van der Waals surface area contributed by atoms with Crippen LogP contribution in [0, 0.1) is 11.6 Å². The maximum atomic E-state index is 14.4. The third-order valence-corrected chi connectivity index (χ3v) is 5.74. The van der Waals surface area contributed by atoms with Crippen LogP contribution in [0.2, 0.25) is 0 Å². The van der Waals surface area contributed by atoms with Crippen molar-refractivity contribution in [3.63, 3.8) is 0 Å². The van der Waals surface area contributed by atoms with Gasteiger partial charge in [0.15, 0.2) is 10.8 Å². The number of β-amino-alcohol motifs (C(OH)–C–C–N with tert-alkyl or cyclic N) is 1. The summed E-state index contributed by atoms with van der Waals surface area (Å²) in [5.41, 5.74) is 1.14. The maximum absolute atomic E-state index is 14.4. The molecule has 3 aromatic rings. The lowest BCUT2D eigenvalue weighted by Gasteiger charge is -2.26. The number of aliphatic hydroxyl groups is 1. The van der Waals surface area contributed by atoms with Gasteiger partial charge in [-0.2, -0.15) is 5.10 Å². The fraction of sp³-hybridized carbons (Fsp3) is 0.350. The Morgan fingerprint density at radius 3 is 2.81 bits per heavy atom. The number of aromatic nitrogens is 3. The Morgan fingerprint density at radius 1 is 1.23 bits per heavy atom. The summed E-state index contributed by atoms with van der Waals surface area (Å²) in [5.74, 6) is -0.609. The molecule has 0 unspecified atom stereocenters. The quantitative estimate of drug-likeness (QED) is 0.530. The Hall–Kier alpha value is -2.92. The van der Waals surface area contributed by atoms with Crippen LogP contribution >= 0.6 is 12.2 Å². The van der Waals surface area contributed by atoms with Crippen LogP contribution in [0.3, 0.4) is 0 Å². The summed E-state index contributed by atoms with van der Waals surface area (Å²) in [5, 5.41) is 20.6. The second kappa shape index (κ2) is 7.65. The highest BCUT2D eigenvalue weighted by Gasteiger charge is 2.38. The van der Waals surface area contributed by atoms with Gasteiger partial charge < -0.3 is 20.6 Å². The van der Waals surface area contributed by atoms with Gasteiger partial charge in [0.25, 0.3) is 0 Å². The molecule has 0 spiro atoms. The summed E-state index contributed by atoms with van der Waals surface area (Å²) in [6.45, 7) is 0.222. The number of benzene rings is 1. The molecule has 1 saturated heterocycles. The Labute approximate surface area is 180 Å². The van der Waals surface area contributed by atoms with Crippen LogP contribution in [0.4, 0.5) is 24.7 Å². The fourth-order valence-electron chi connectivity index (χ4n) is 3.88. The monoisotopic (exact) mass is 448 g/mol. The molecule has 1 saturated carbocycles. The number of hydrogen-bond acceptors (Lipinski definition) is 5. The van der Waals surface area contributed by atoms with Crippen LogP contribution in [-0.2, 0) is 0 Å². The SMILES string of the molecule is O[C@@H]1C[C@H](c2cc(F)ccc2F)N(c2ccn3ncc(NC(=S)N[C@H]4C[C@H]4F)c3n2)C1. The van der Waals surface area contributed by atoms with Crippen molar-refractivity contribution in [2.24, 2.45) is 0 Å². The molecule has 2 fully saturated rings. The number of halogens is 3. The zero-order valence-electron chi connectivity index (χ0n) is 16.2. The highest BCUT2D eigenvalue weighted by molar-refractivity contribution is 7.80. The standard InChI is InChI=1S/C20H19F3N6OS/c21-10-1-2-13(22)12(5-10)17-6-11(30)9-28(17)18-3-4-29-19(27-18)16(8-24-29)26-20(31)25-15-7-14(15)23/h1-5,8,11,14-15,17,30H,6-7,9H2,(H2,25,26,31)/t11-,14-,15+,17-/m1/s1. The highest BCUT2D eigenvalue weighted by atomic mass is 32.1. The fourth-order valence-corrected chi connectivity index (χ4v) is 4.14. The van der Waals surface area contributed by atoms with E-state index in [4.69, 9.17) is 12.2 Å². The van der Waals surface area contributed by atoms with Crippen molar-refractivity contribution in [2.45, 2.75) is 37.2 Å². The zero-order valence-corrected chi connectivity index (χ0v) is 17.0. The number of fused-ring (bicyclic) bond motifs is 1. The van der Waals surface area contributed by atoms with Gasteiger partial charge in [-0.3, -0.25) is 0 Å². The summed E-state index contributed by atoms with van der Waals surface area (Å²) in [7, 11) is 0. The van der Waals surface area contributed by atoms with E-state index in [1.54, 1.807) is 23.4 Å². The van der Waals surface area contributed by atoms with Crippen molar-refractivity contribution in [1.29, 1.82) is 0 Å². The summed E-state index contributed by atoms with van der Waals surface area (Å²) in [6.07, 6.45) is 2.29. The van der Waals surface area contributed by atoms with E-state index in [1.807, 2.05) is 0 Å². The molecular formula is C20H19F3N6OS. The van der Waals surface area contributed by atoms with E-state index in [9.17, 15) is 18.3 Å². The molecule has 11 heteroatoms. The molecule has 1 aliphatic heterocycles. The van der Waals surface area contributed by atoms with Crippen molar-refractivity contribution in [3.05, 3.63) is 53.9 Å². The smallest absolute Gasteiger partial charge is 0.180 e. The highest BCUT2D eigenvalue weighted by Crippen LogP contribution is 2.37. The van der Waals surface area contributed by atoms with Crippen LogP contribution in [0.25, 0.3) is 5.65 Å². The van der Waals surface area contributed by atoms with E-state index in [0.717, 1.165) is 18.2 Å². The number of thiocarbonyl (C=S) groups is 1. The van der Waals surface area contributed by atoms with Gasteiger partial charge in [-0.1, -0.05) is 0 Å². The van der Waals surface area contributed by atoms with Crippen LogP contribution in [-0.4, -0.2) is 49.7 Å². The molecule has 3 N–H and O–H groups in total.